The Morgan fingerprint density at radius 1 is 1.30 bits per heavy atom. The first-order valence-electron chi connectivity index (χ1n) is 9.10. The molecule has 142 valence electrons. The van der Waals surface area contributed by atoms with Crippen molar-refractivity contribution in [2.24, 2.45) is 5.92 Å². The van der Waals surface area contributed by atoms with Gasteiger partial charge in [-0.25, -0.2) is 4.39 Å². The maximum Gasteiger partial charge on any atom is 0.309 e. The molecule has 1 saturated heterocycles. The molecule has 2 aromatic rings. The average Bonchev–Trinajstić information content (AvgIpc) is 2.61. The Balaban J connectivity index is 1.36. The number of aliphatic carboxylic acids is 1. The highest BCUT2D eigenvalue weighted by atomic mass is 19.1. The number of likely N-dealkylation sites (tertiary alicyclic amines) is 1. The van der Waals surface area contributed by atoms with Gasteiger partial charge in [0.05, 0.1) is 5.92 Å². The van der Waals surface area contributed by atoms with Gasteiger partial charge in [0.25, 0.3) is 0 Å². The van der Waals surface area contributed by atoms with E-state index >= 15 is 0 Å². The summed E-state index contributed by atoms with van der Waals surface area (Å²) >= 11 is 0. The molecule has 5 nitrogen and oxygen atoms in total. The summed E-state index contributed by atoms with van der Waals surface area (Å²) < 4.78 is 25.3. The lowest BCUT2D eigenvalue weighted by atomic mass is 9.93. The van der Waals surface area contributed by atoms with Crippen molar-refractivity contribution in [2.45, 2.75) is 26.0 Å². The van der Waals surface area contributed by atoms with Crippen LogP contribution in [0, 0.1) is 18.7 Å². The summed E-state index contributed by atoms with van der Waals surface area (Å²) in [5, 5.41) is 9.01. The lowest BCUT2D eigenvalue weighted by Crippen LogP contribution is -2.57. The minimum Gasteiger partial charge on any atom is -0.492 e. The fourth-order valence-electron chi connectivity index (χ4n) is 3.52. The first kappa shape index (κ1) is 17.8. The van der Waals surface area contributed by atoms with Crippen molar-refractivity contribution in [3.05, 3.63) is 58.9 Å². The first-order valence-corrected chi connectivity index (χ1v) is 9.10. The quantitative estimate of drug-likeness (QED) is 0.876. The Bertz CT molecular complexity index is 863. The van der Waals surface area contributed by atoms with Crippen LogP contribution in [-0.4, -0.2) is 41.7 Å². The molecule has 0 saturated carbocycles. The summed E-state index contributed by atoms with van der Waals surface area (Å²) in [4.78, 5) is 13.1. The van der Waals surface area contributed by atoms with E-state index in [1.807, 2.05) is 24.3 Å². The van der Waals surface area contributed by atoms with Crippen LogP contribution in [0.3, 0.4) is 0 Å². The molecule has 0 spiro atoms. The highest BCUT2D eigenvalue weighted by Crippen LogP contribution is 2.32. The number of ether oxygens (including phenoxy) is 2. The molecule has 2 heterocycles. The summed E-state index contributed by atoms with van der Waals surface area (Å²) in [6.07, 6.45) is 0.838. The Hall–Kier alpha value is -2.60. The number of aryl methyl sites for hydroxylation is 1. The molecule has 0 aliphatic carbocycles. The minimum atomic E-state index is -0.723. The van der Waals surface area contributed by atoms with Crippen LogP contribution in [0.2, 0.25) is 0 Å². The second kappa shape index (κ2) is 7.19. The lowest BCUT2D eigenvalue weighted by Gasteiger charge is -2.43. The number of rotatable bonds is 5. The van der Waals surface area contributed by atoms with Crippen LogP contribution < -0.4 is 9.47 Å². The standard InChI is InChI=1S/C21H22FNO4/c1-13-2-3-14(6-19(13)22)11-26-18-5-4-15-7-17(12-27-20(15)8-18)23-9-16(10-23)21(24)25/h2-6,8,16-17H,7,9-12H2,1H3,(H,24,25). The second-order valence-electron chi connectivity index (χ2n) is 7.30. The number of hydrogen-bond acceptors (Lipinski definition) is 4. The van der Waals surface area contributed by atoms with E-state index in [2.05, 4.69) is 4.90 Å². The van der Waals surface area contributed by atoms with Crippen LogP contribution in [0.5, 0.6) is 11.5 Å². The molecular formula is C21H22FNO4. The van der Waals surface area contributed by atoms with Gasteiger partial charge in [0.2, 0.25) is 0 Å². The van der Waals surface area contributed by atoms with Crippen LogP contribution in [0.15, 0.2) is 36.4 Å². The number of fused-ring (bicyclic) bond motifs is 1. The predicted octanol–water partition coefficient (Wildman–Crippen LogP) is 3.03. The van der Waals surface area contributed by atoms with Crippen LogP contribution >= 0.6 is 0 Å². The predicted molar refractivity (Wildman–Crippen MR) is 97.6 cm³/mol. The van der Waals surface area contributed by atoms with Crippen molar-refractivity contribution in [1.82, 2.24) is 4.90 Å². The summed E-state index contributed by atoms with van der Waals surface area (Å²) in [5.41, 5.74) is 2.49. The molecule has 0 radical (unpaired) electrons. The zero-order valence-electron chi connectivity index (χ0n) is 15.2. The largest absolute Gasteiger partial charge is 0.492 e. The molecular weight excluding hydrogens is 349 g/mol. The number of benzene rings is 2. The van der Waals surface area contributed by atoms with Crippen LogP contribution in [0.1, 0.15) is 16.7 Å². The number of halogens is 1. The Morgan fingerprint density at radius 3 is 2.85 bits per heavy atom. The molecule has 4 rings (SSSR count). The number of hydrogen-bond donors (Lipinski definition) is 1. The summed E-state index contributed by atoms with van der Waals surface area (Å²) in [5.74, 6) is 0.275. The van der Waals surface area contributed by atoms with Gasteiger partial charge in [0.15, 0.2) is 0 Å². The zero-order valence-corrected chi connectivity index (χ0v) is 15.2. The number of nitrogens with zero attached hydrogens (tertiary/aromatic N) is 1. The maximum atomic E-state index is 13.6. The van der Waals surface area contributed by atoms with E-state index in [9.17, 15) is 9.18 Å². The average molecular weight is 371 g/mol. The molecule has 2 aliphatic rings. The van der Waals surface area contributed by atoms with Gasteiger partial charge in [-0.15, -0.1) is 0 Å². The molecule has 0 aromatic heterocycles. The zero-order chi connectivity index (χ0) is 19.0. The fraction of sp³-hybridized carbons (Fsp3) is 0.381. The van der Waals surface area contributed by atoms with Gasteiger partial charge >= 0.3 is 5.97 Å². The van der Waals surface area contributed by atoms with Crippen LogP contribution in [0.4, 0.5) is 4.39 Å². The molecule has 0 amide bonds. The van der Waals surface area contributed by atoms with E-state index in [1.54, 1.807) is 13.0 Å². The lowest BCUT2D eigenvalue weighted by molar-refractivity contribution is -0.149. The van der Waals surface area contributed by atoms with Crippen molar-refractivity contribution in [2.75, 3.05) is 19.7 Å². The number of carboxylic acids is 1. The normalized spacial score (nSPS) is 19.7. The van der Waals surface area contributed by atoms with Crippen molar-refractivity contribution >= 4 is 5.97 Å². The van der Waals surface area contributed by atoms with E-state index in [4.69, 9.17) is 14.6 Å². The van der Waals surface area contributed by atoms with Gasteiger partial charge in [0.1, 0.15) is 30.5 Å². The number of carboxylic acid groups (broad SMARTS) is 1. The van der Waals surface area contributed by atoms with E-state index in [1.165, 1.54) is 6.07 Å². The van der Waals surface area contributed by atoms with Crippen molar-refractivity contribution in [3.8, 4) is 11.5 Å². The molecule has 6 heteroatoms. The Labute approximate surface area is 157 Å². The molecule has 2 aromatic carbocycles. The van der Waals surface area contributed by atoms with Crippen molar-refractivity contribution in [1.29, 1.82) is 0 Å². The van der Waals surface area contributed by atoms with Gasteiger partial charge in [-0.05, 0) is 42.2 Å². The second-order valence-corrected chi connectivity index (χ2v) is 7.30. The van der Waals surface area contributed by atoms with E-state index in [0.29, 0.717) is 37.6 Å². The third kappa shape index (κ3) is 3.76. The maximum absolute atomic E-state index is 13.6. The highest BCUT2D eigenvalue weighted by Gasteiger charge is 2.38. The molecule has 0 bridgehead atoms. The molecule has 1 atom stereocenters. The Kier molecular flexibility index (Phi) is 4.74. The first-order chi connectivity index (χ1) is 13.0. The van der Waals surface area contributed by atoms with E-state index in [-0.39, 0.29) is 17.8 Å². The summed E-state index contributed by atoms with van der Waals surface area (Å²) in [7, 11) is 0. The molecule has 1 fully saturated rings. The molecule has 1 unspecified atom stereocenters. The monoisotopic (exact) mass is 371 g/mol. The number of carbonyl (C=O) groups is 1. The highest BCUT2D eigenvalue weighted by molar-refractivity contribution is 5.71. The third-order valence-electron chi connectivity index (χ3n) is 5.34. The fourth-order valence-corrected chi connectivity index (χ4v) is 3.52. The summed E-state index contributed by atoms with van der Waals surface area (Å²) in [6.45, 7) is 3.75. The van der Waals surface area contributed by atoms with Crippen molar-refractivity contribution in [3.63, 3.8) is 0 Å². The SMILES string of the molecule is Cc1ccc(COc2ccc3c(c2)OCC(N2CC(C(=O)O)C2)C3)cc1F. The Morgan fingerprint density at radius 2 is 2.11 bits per heavy atom. The van der Waals surface area contributed by atoms with E-state index < -0.39 is 5.97 Å². The third-order valence-corrected chi connectivity index (χ3v) is 5.34. The van der Waals surface area contributed by atoms with Gasteiger partial charge in [0, 0.05) is 25.2 Å². The molecule has 2 aliphatic heterocycles. The van der Waals surface area contributed by atoms with Gasteiger partial charge in [-0.3, -0.25) is 9.69 Å². The molecule has 27 heavy (non-hydrogen) atoms. The van der Waals surface area contributed by atoms with E-state index in [0.717, 1.165) is 23.3 Å². The van der Waals surface area contributed by atoms with Gasteiger partial charge in [-0.1, -0.05) is 18.2 Å². The van der Waals surface area contributed by atoms with Crippen LogP contribution in [-0.2, 0) is 17.8 Å². The smallest absolute Gasteiger partial charge is 0.309 e. The molecule has 1 N–H and O–H groups in total. The van der Waals surface area contributed by atoms with Gasteiger partial charge < -0.3 is 14.6 Å². The van der Waals surface area contributed by atoms with Crippen LogP contribution in [0.25, 0.3) is 0 Å². The topological polar surface area (TPSA) is 59.0 Å². The van der Waals surface area contributed by atoms with Gasteiger partial charge in [-0.2, -0.15) is 0 Å². The van der Waals surface area contributed by atoms with Crippen molar-refractivity contribution < 1.29 is 23.8 Å². The minimum absolute atomic E-state index is 0.218. The summed E-state index contributed by atoms with van der Waals surface area (Å²) in [6, 6.07) is 11.1.